The van der Waals surface area contributed by atoms with Gasteiger partial charge in [0.15, 0.2) is 0 Å². The van der Waals surface area contributed by atoms with E-state index in [1.54, 1.807) is 0 Å². The van der Waals surface area contributed by atoms with E-state index in [0.29, 0.717) is 0 Å². The fourth-order valence-corrected chi connectivity index (χ4v) is 2.50. The van der Waals surface area contributed by atoms with Gasteiger partial charge in [-0.1, -0.05) is 6.42 Å². The Hall–Kier alpha value is -1.69. The molecule has 2 aliphatic rings. The summed E-state index contributed by atoms with van der Waals surface area (Å²) in [4.78, 5) is 0. The third-order valence-corrected chi connectivity index (χ3v) is 3.87. The minimum Gasteiger partial charge on any atom is -0.493 e. The maximum atomic E-state index is 9.16. The van der Waals surface area contributed by atoms with Gasteiger partial charge in [0.05, 0.1) is 18.1 Å². The minimum atomic E-state index is -0.116. The summed E-state index contributed by atoms with van der Waals surface area (Å²) in [6, 6.07) is 8.65. The number of ether oxygens (including phenoxy) is 1. The molecule has 3 rings (SSSR count). The number of rotatable bonds is 3. The Morgan fingerprint density at radius 3 is 3.00 bits per heavy atom. The number of nitrogens with zero attached hydrogens (tertiary/aromatic N) is 1. The van der Waals surface area contributed by atoms with Gasteiger partial charge in [0.1, 0.15) is 5.75 Å². The fourth-order valence-electron chi connectivity index (χ4n) is 2.50. The third-order valence-electron chi connectivity index (χ3n) is 3.87. The lowest BCUT2D eigenvalue weighted by Gasteiger charge is -2.35. The molecule has 88 valence electrons. The van der Waals surface area contributed by atoms with Crippen LogP contribution in [0.25, 0.3) is 0 Å². The second-order valence-corrected chi connectivity index (χ2v) is 5.02. The zero-order valence-electron chi connectivity index (χ0n) is 9.83. The highest BCUT2D eigenvalue weighted by molar-refractivity contribution is 5.52. The lowest BCUT2D eigenvalue weighted by atomic mass is 9.70. The second kappa shape index (κ2) is 3.96. The van der Waals surface area contributed by atoms with Gasteiger partial charge in [-0.05, 0) is 36.6 Å². The largest absolute Gasteiger partial charge is 0.493 e. The highest BCUT2D eigenvalue weighted by Gasteiger charge is 2.36. The van der Waals surface area contributed by atoms with Crippen molar-refractivity contribution in [2.24, 2.45) is 5.41 Å². The topological polar surface area (TPSA) is 45.0 Å². The summed E-state index contributed by atoms with van der Waals surface area (Å²) >= 11 is 0. The summed E-state index contributed by atoms with van der Waals surface area (Å²) in [5.41, 5.74) is 2.26. The number of hydrogen-bond donors (Lipinski definition) is 1. The maximum absolute atomic E-state index is 9.16. The molecule has 1 fully saturated rings. The molecule has 0 aromatic heterocycles. The summed E-state index contributed by atoms with van der Waals surface area (Å²) in [5, 5.41) is 12.5. The van der Waals surface area contributed by atoms with Gasteiger partial charge >= 0.3 is 0 Å². The number of fused-ring (bicyclic) bond motifs is 1. The molecule has 3 heteroatoms. The van der Waals surface area contributed by atoms with Crippen molar-refractivity contribution in [1.29, 1.82) is 5.26 Å². The number of benzene rings is 1. The molecule has 1 saturated carbocycles. The number of hydrogen-bond acceptors (Lipinski definition) is 3. The Morgan fingerprint density at radius 2 is 2.29 bits per heavy atom. The van der Waals surface area contributed by atoms with E-state index >= 15 is 0 Å². The van der Waals surface area contributed by atoms with Crippen LogP contribution >= 0.6 is 0 Å². The van der Waals surface area contributed by atoms with Crippen molar-refractivity contribution < 1.29 is 4.74 Å². The van der Waals surface area contributed by atoms with Crippen LogP contribution in [0.4, 0.5) is 5.69 Å². The van der Waals surface area contributed by atoms with Crippen LogP contribution in [0.2, 0.25) is 0 Å². The summed E-state index contributed by atoms with van der Waals surface area (Å²) in [5.74, 6) is 1.01. The molecule has 1 heterocycles. The van der Waals surface area contributed by atoms with Gasteiger partial charge in [0.25, 0.3) is 0 Å². The van der Waals surface area contributed by atoms with E-state index in [2.05, 4.69) is 17.5 Å². The van der Waals surface area contributed by atoms with E-state index in [0.717, 1.165) is 43.9 Å². The molecule has 1 aromatic carbocycles. The third kappa shape index (κ3) is 1.84. The number of nitriles is 1. The molecule has 0 spiro atoms. The van der Waals surface area contributed by atoms with E-state index in [4.69, 9.17) is 10.00 Å². The van der Waals surface area contributed by atoms with Crippen LogP contribution in [0, 0.1) is 16.7 Å². The minimum absolute atomic E-state index is 0.116. The van der Waals surface area contributed by atoms with E-state index in [-0.39, 0.29) is 5.41 Å². The number of nitrogens with one attached hydrogen (secondary N) is 1. The average Bonchev–Trinajstić information content (AvgIpc) is 2.75. The lowest BCUT2D eigenvalue weighted by molar-refractivity contribution is 0.233. The fraction of sp³-hybridized carbons (Fsp3) is 0.500. The van der Waals surface area contributed by atoms with Gasteiger partial charge in [-0.25, -0.2) is 0 Å². The predicted molar refractivity (Wildman–Crippen MR) is 66.0 cm³/mol. The molecular weight excluding hydrogens is 212 g/mol. The van der Waals surface area contributed by atoms with Gasteiger partial charge in [-0.2, -0.15) is 5.26 Å². The standard InChI is InChI=1S/C14H16N2O/c15-9-14(5-1-6-14)10-16-12-2-3-13-11(8-12)4-7-17-13/h2-3,8,16H,1,4-7,10H2. The molecule has 0 radical (unpaired) electrons. The Labute approximate surface area is 101 Å². The zero-order valence-corrected chi connectivity index (χ0v) is 9.83. The quantitative estimate of drug-likeness (QED) is 0.865. The highest BCUT2D eigenvalue weighted by Crippen LogP contribution is 2.40. The van der Waals surface area contributed by atoms with Crippen LogP contribution in [0.5, 0.6) is 5.75 Å². The van der Waals surface area contributed by atoms with Gasteiger partial charge in [-0.15, -0.1) is 0 Å². The molecule has 0 atom stereocenters. The summed E-state index contributed by atoms with van der Waals surface area (Å²) in [6.45, 7) is 1.56. The Kier molecular flexibility index (Phi) is 2.44. The molecule has 0 amide bonds. The predicted octanol–water partition coefficient (Wildman–Crippen LogP) is 2.73. The van der Waals surface area contributed by atoms with Crippen LogP contribution in [0.3, 0.4) is 0 Å². The molecule has 1 aliphatic heterocycles. The van der Waals surface area contributed by atoms with E-state index in [9.17, 15) is 0 Å². The van der Waals surface area contributed by atoms with Crippen LogP contribution in [0.15, 0.2) is 18.2 Å². The first kappa shape index (κ1) is 10.5. The molecule has 0 saturated heterocycles. The van der Waals surface area contributed by atoms with Crippen LogP contribution in [-0.4, -0.2) is 13.2 Å². The van der Waals surface area contributed by atoms with Crippen molar-refractivity contribution in [1.82, 2.24) is 0 Å². The first-order valence-electron chi connectivity index (χ1n) is 6.22. The first-order chi connectivity index (χ1) is 8.31. The summed E-state index contributed by atoms with van der Waals surface area (Å²) in [7, 11) is 0. The monoisotopic (exact) mass is 228 g/mol. The number of anilines is 1. The maximum Gasteiger partial charge on any atom is 0.122 e. The smallest absolute Gasteiger partial charge is 0.122 e. The molecular formula is C14H16N2O. The van der Waals surface area contributed by atoms with Crippen molar-refractivity contribution in [3.63, 3.8) is 0 Å². The van der Waals surface area contributed by atoms with Crippen molar-refractivity contribution in [3.05, 3.63) is 23.8 Å². The van der Waals surface area contributed by atoms with Crippen molar-refractivity contribution in [2.45, 2.75) is 25.7 Å². The first-order valence-corrected chi connectivity index (χ1v) is 6.22. The van der Waals surface area contributed by atoms with Crippen LogP contribution in [-0.2, 0) is 6.42 Å². The molecule has 1 aromatic rings. The molecule has 3 nitrogen and oxygen atoms in total. The molecule has 17 heavy (non-hydrogen) atoms. The Balaban J connectivity index is 1.68. The molecule has 1 aliphatic carbocycles. The van der Waals surface area contributed by atoms with Crippen molar-refractivity contribution >= 4 is 5.69 Å². The Bertz CT molecular complexity index is 472. The second-order valence-electron chi connectivity index (χ2n) is 5.02. The highest BCUT2D eigenvalue weighted by atomic mass is 16.5. The molecule has 0 bridgehead atoms. The Morgan fingerprint density at radius 1 is 1.41 bits per heavy atom. The molecule has 1 N–H and O–H groups in total. The zero-order chi connectivity index (χ0) is 11.7. The normalized spacial score (nSPS) is 19.7. The van der Waals surface area contributed by atoms with E-state index < -0.39 is 0 Å². The van der Waals surface area contributed by atoms with Crippen molar-refractivity contribution in [2.75, 3.05) is 18.5 Å². The van der Waals surface area contributed by atoms with E-state index in [1.165, 1.54) is 12.0 Å². The van der Waals surface area contributed by atoms with Gasteiger partial charge in [0.2, 0.25) is 0 Å². The average molecular weight is 228 g/mol. The van der Waals surface area contributed by atoms with Gasteiger partial charge in [0, 0.05) is 18.7 Å². The van der Waals surface area contributed by atoms with Gasteiger partial charge in [-0.3, -0.25) is 0 Å². The summed E-state index contributed by atoms with van der Waals surface area (Å²) in [6.07, 6.45) is 4.25. The molecule has 0 unspecified atom stereocenters. The lowest BCUT2D eigenvalue weighted by Crippen LogP contribution is -2.35. The van der Waals surface area contributed by atoms with E-state index in [1.807, 2.05) is 12.1 Å². The van der Waals surface area contributed by atoms with Gasteiger partial charge < -0.3 is 10.1 Å². The van der Waals surface area contributed by atoms with Crippen LogP contribution < -0.4 is 10.1 Å². The van der Waals surface area contributed by atoms with Crippen molar-refractivity contribution in [3.8, 4) is 11.8 Å². The SMILES string of the molecule is N#CC1(CNc2ccc3c(c2)CCO3)CCC1. The summed E-state index contributed by atoms with van der Waals surface area (Å²) < 4.78 is 5.47. The van der Waals surface area contributed by atoms with Crippen LogP contribution in [0.1, 0.15) is 24.8 Å².